The van der Waals surface area contributed by atoms with Crippen LogP contribution < -0.4 is 10.0 Å². The lowest BCUT2D eigenvalue weighted by Crippen LogP contribution is -2.31. The Morgan fingerprint density at radius 3 is 2.53 bits per heavy atom. The van der Waals surface area contributed by atoms with Gasteiger partial charge in [-0.25, -0.2) is 13.1 Å². The molecule has 106 valence electrons. The van der Waals surface area contributed by atoms with E-state index in [4.69, 9.17) is 0 Å². The zero-order valence-corrected chi connectivity index (χ0v) is 12.4. The summed E-state index contributed by atoms with van der Waals surface area (Å²) in [6, 6.07) is 7.14. The molecule has 0 spiro atoms. The van der Waals surface area contributed by atoms with E-state index in [-0.39, 0.29) is 5.41 Å². The summed E-state index contributed by atoms with van der Waals surface area (Å²) in [7, 11) is -1.59. The Kier molecular flexibility index (Phi) is 4.28. The average Bonchev–Trinajstić information content (AvgIpc) is 3.18. The van der Waals surface area contributed by atoms with E-state index in [0.717, 1.165) is 24.8 Å². The van der Waals surface area contributed by atoms with Crippen LogP contribution in [0.5, 0.6) is 0 Å². The lowest BCUT2D eigenvalue weighted by atomic mass is 10.1. The highest BCUT2D eigenvalue weighted by atomic mass is 32.2. The molecule has 1 aliphatic rings. The second kappa shape index (κ2) is 5.61. The van der Waals surface area contributed by atoms with Gasteiger partial charge in [0.25, 0.3) is 0 Å². The van der Waals surface area contributed by atoms with Gasteiger partial charge in [-0.2, -0.15) is 0 Å². The Morgan fingerprint density at radius 2 is 1.95 bits per heavy atom. The van der Waals surface area contributed by atoms with Gasteiger partial charge in [-0.3, -0.25) is 0 Å². The van der Waals surface area contributed by atoms with Crippen LogP contribution in [0.2, 0.25) is 0 Å². The van der Waals surface area contributed by atoms with Crippen molar-refractivity contribution in [3.8, 4) is 0 Å². The van der Waals surface area contributed by atoms with Crippen molar-refractivity contribution >= 4 is 10.0 Å². The Labute approximate surface area is 115 Å². The highest BCUT2D eigenvalue weighted by molar-refractivity contribution is 7.89. The predicted molar refractivity (Wildman–Crippen MR) is 76.4 cm³/mol. The average molecular weight is 282 g/mol. The van der Waals surface area contributed by atoms with Crippen LogP contribution in [0.15, 0.2) is 29.2 Å². The van der Waals surface area contributed by atoms with Crippen LogP contribution in [0.25, 0.3) is 0 Å². The molecule has 19 heavy (non-hydrogen) atoms. The molecule has 5 heteroatoms. The maximum Gasteiger partial charge on any atom is 0.240 e. The maximum atomic E-state index is 12.4. The minimum atomic E-state index is -3.41. The molecule has 0 unspecified atom stereocenters. The Morgan fingerprint density at radius 1 is 1.26 bits per heavy atom. The fraction of sp³-hybridized carbons (Fsp3) is 0.571. The van der Waals surface area contributed by atoms with E-state index in [2.05, 4.69) is 17.0 Å². The van der Waals surface area contributed by atoms with Crippen molar-refractivity contribution in [1.82, 2.24) is 10.0 Å². The molecule has 0 atom stereocenters. The SMILES string of the molecule is CCC1(CNS(=O)(=O)c2ccccc2CNC)CC1. The number of sulfonamides is 1. The number of nitrogens with one attached hydrogen (secondary N) is 2. The highest BCUT2D eigenvalue weighted by Crippen LogP contribution is 2.48. The number of rotatable bonds is 7. The van der Waals surface area contributed by atoms with Crippen LogP contribution in [0.4, 0.5) is 0 Å². The standard InChI is InChI=1S/C14H22N2O2S/c1-3-14(8-9-14)11-16-19(17,18)13-7-5-4-6-12(13)10-15-2/h4-7,15-16H,3,8-11H2,1-2H3. The molecular weight excluding hydrogens is 260 g/mol. The molecule has 0 aromatic heterocycles. The van der Waals surface area contributed by atoms with Crippen molar-refractivity contribution in [2.75, 3.05) is 13.6 Å². The van der Waals surface area contributed by atoms with Crippen molar-refractivity contribution < 1.29 is 8.42 Å². The van der Waals surface area contributed by atoms with Crippen molar-refractivity contribution in [1.29, 1.82) is 0 Å². The van der Waals surface area contributed by atoms with E-state index in [1.165, 1.54) is 0 Å². The third-order valence-corrected chi connectivity index (χ3v) is 5.48. The molecule has 1 aromatic carbocycles. The molecule has 0 amide bonds. The fourth-order valence-corrected chi connectivity index (χ4v) is 3.66. The van der Waals surface area contributed by atoms with Crippen LogP contribution in [-0.4, -0.2) is 22.0 Å². The summed E-state index contributed by atoms with van der Waals surface area (Å²) in [6.07, 6.45) is 3.29. The van der Waals surface area contributed by atoms with Crippen LogP contribution >= 0.6 is 0 Å². The van der Waals surface area contributed by atoms with Crippen molar-refractivity contribution in [3.63, 3.8) is 0 Å². The molecule has 2 N–H and O–H groups in total. The minimum absolute atomic E-state index is 0.213. The summed E-state index contributed by atoms with van der Waals surface area (Å²) >= 11 is 0. The van der Waals surface area contributed by atoms with Gasteiger partial charge < -0.3 is 5.32 Å². The normalized spacial score (nSPS) is 17.4. The third-order valence-electron chi connectivity index (χ3n) is 3.97. The van der Waals surface area contributed by atoms with Crippen molar-refractivity contribution in [2.45, 2.75) is 37.6 Å². The molecule has 0 saturated heterocycles. The summed E-state index contributed by atoms with van der Waals surface area (Å²) in [4.78, 5) is 0.385. The lowest BCUT2D eigenvalue weighted by molar-refractivity contribution is 0.475. The second-order valence-electron chi connectivity index (χ2n) is 5.32. The molecule has 0 radical (unpaired) electrons. The van der Waals surface area contributed by atoms with E-state index in [9.17, 15) is 8.42 Å². The second-order valence-corrected chi connectivity index (χ2v) is 7.05. The summed E-state index contributed by atoms with van der Waals surface area (Å²) < 4.78 is 27.5. The molecule has 4 nitrogen and oxygen atoms in total. The topological polar surface area (TPSA) is 58.2 Å². The fourth-order valence-electron chi connectivity index (χ4n) is 2.26. The maximum absolute atomic E-state index is 12.4. The lowest BCUT2D eigenvalue weighted by Gasteiger charge is -2.15. The van der Waals surface area contributed by atoms with E-state index >= 15 is 0 Å². The minimum Gasteiger partial charge on any atom is -0.316 e. The van der Waals surface area contributed by atoms with Gasteiger partial charge in [0, 0.05) is 13.1 Å². The van der Waals surface area contributed by atoms with Crippen LogP contribution in [0, 0.1) is 5.41 Å². The summed E-state index contributed by atoms with van der Waals surface area (Å²) in [6.45, 7) is 3.23. The molecule has 1 saturated carbocycles. The smallest absolute Gasteiger partial charge is 0.240 e. The molecule has 0 heterocycles. The first-order valence-corrected chi connectivity index (χ1v) is 8.23. The Hall–Kier alpha value is -0.910. The summed E-state index contributed by atoms with van der Waals surface area (Å²) in [5, 5.41) is 3.00. The van der Waals surface area contributed by atoms with Crippen LogP contribution in [0.3, 0.4) is 0 Å². The molecule has 1 aromatic rings. The van der Waals surface area contributed by atoms with Gasteiger partial charge in [-0.05, 0) is 43.4 Å². The predicted octanol–water partition coefficient (Wildman–Crippen LogP) is 1.87. The third kappa shape index (κ3) is 3.35. The van der Waals surface area contributed by atoms with Gasteiger partial charge in [-0.15, -0.1) is 0 Å². The van der Waals surface area contributed by atoms with Crippen LogP contribution in [-0.2, 0) is 16.6 Å². The zero-order chi connectivity index (χ0) is 13.9. The Balaban J connectivity index is 2.15. The highest BCUT2D eigenvalue weighted by Gasteiger charge is 2.41. The number of hydrogen-bond donors (Lipinski definition) is 2. The summed E-state index contributed by atoms with van der Waals surface area (Å²) in [5.74, 6) is 0. The van der Waals surface area contributed by atoms with Crippen molar-refractivity contribution in [2.24, 2.45) is 5.41 Å². The monoisotopic (exact) mass is 282 g/mol. The molecule has 0 bridgehead atoms. The summed E-state index contributed by atoms with van der Waals surface area (Å²) in [5.41, 5.74) is 1.02. The van der Waals surface area contributed by atoms with Gasteiger partial charge in [0.2, 0.25) is 10.0 Å². The molecule has 1 aliphatic carbocycles. The van der Waals surface area contributed by atoms with Gasteiger partial charge in [0.05, 0.1) is 4.90 Å². The molecule has 0 aliphatic heterocycles. The molecule has 1 fully saturated rings. The van der Waals surface area contributed by atoms with E-state index in [0.29, 0.717) is 18.0 Å². The van der Waals surface area contributed by atoms with E-state index in [1.54, 1.807) is 12.1 Å². The largest absolute Gasteiger partial charge is 0.316 e. The molecular formula is C14H22N2O2S. The van der Waals surface area contributed by atoms with Crippen LogP contribution in [0.1, 0.15) is 31.7 Å². The quantitative estimate of drug-likeness (QED) is 0.803. The first-order chi connectivity index (χ1) is 9.03. The van der Waals surface area contributed by atoms with Gasteiger partial charge in [-0.1, -0.05) is 25.1 Å². The Bertz CT molecular complexity index is 536. The first kappa shape index (κ1) is 14.5. The first-order valence-electron chi connectivity index (χ1n) is 6.75. The van der Waals surface area contributed by atoms with Gasteiger partial charge in [0.15, 0.2) is 0 Å². The van der Waals surface area contributed by atoms with Crippen molar-refractivity contribution in [3.05, 3.63) is 29.8 Å². The van der Waals surface area contributed by atoms with E-state index in [1.807, 2.05) is 19.2 Å². The van der Waals surface area contributed by atoms with Gasteiger partial charge >= 0.3 is 0 Å². The molecule has 2 rings (SSSR count). The number of benzene rings is 1. The number of hydrogen-bond acceptors (Lipinski definition) is 3. The van der Waals surface area contributed by atoms with E-state index < -0.39 is 10.0 Å². The van der Waals surface area contributed by atoms with Gasteiger partial charge in [0.1, 0.15) is 0 Å². The zero-order valence-electron chi connectivity index (χ0n) is 11.6.